The Kier molecular flexibility index (Phi) is 3.90. The van der Waals surface area contributed by atoms with Gasteiger partial charge in [0.15, 0.2) is 0 Å². The van der Waals surface area contributed by atoms with Crippen molar-refractivity contribution in [2.24, 2.45) is 5.92 Å². The maximum Gasteiger partial charge on any atom is 0.227 e. The molecule has 0 radical (unpaired) electrons. The van der Waals surface area contributed by atoms with Crippen molar-refractivity contribution in [2.75, 3.05) is 10.6 Å². The van der Waals surface area contributed by atoms with Crippen LogP contribution in [0.25, 0.3) is 0 Å². The van der Waals surface area contributed by atoms with Crippen LogP contribution in [0.2, 0.25) is 0 Å². The van der Waals surface area contributed by atoms with E-state index in [1.807, 2.05) is 26.0 Å². The average Bonchev–Trinajstić information content (AvgIpc) is 2.38. The lowest BCUT2D eigenvalue weighted by Gasteiger charge is -2.26. The predicted octanol–water partition coefficient (Wildman–Crippen LogP) is 3.42. The highest BCUT2D eigenvalue weighted by Gasteiger charge is 2.19. The molecule has 3 nitrogen and oxygen atoms in total. The minimum Gasteiger partial charge on any atom is -0.381 e. The molecule has 0 aromatic heterocycles. The first kappa shape index (κ1) is 12.9. The maximum absolute atomic E-state index is 12.0. The van der Waals surface area contributed by atoms with Crippen LogP contribution in [0.3, 0.4) is 0 Å². The number of hydrogen-bond donors (Lipinski definition) is 2. The molecule has 2 unspecified atom stereocenters. The first-order valence-corrected chi connectivity index (χ1v) is 6.81. The zero-order valence-electron chi connectivity index (χ0n) is 11.4. The number of hydrogen-bond acceptors (Lipinski definition) is 2. The van der Waals surface area contributed by atoms with Crippen molar-refractivity contribution in [3.05, 3.63) is 23.8 Å². The number of rotatable bonds is 3. The molecule has 0 saturated heterocycles. The van der Waals surface area contributed by atoms with Crippen LogP contribution in [-0.2, 0) is 11.2 Å². The summed E-state index contributed by atoms with van der Waals surface area (Å²) in [5, 5.41) is 6.52. The quantitative estimate of drug-likeness (QED) is 0.858. The van der Waals surface area contributed by atoms with Crippen LogP contribution in [0.4, 0.5) is 11.4 Å². The Morgan fingerprint density at radius 2 is 2.33 bits per heavy atom. The van der Waals surface area contributed by atoms with Crippen molar-refractivity contribution in [3.63, 3.8) is 0 Å². The summed E-state index contributed by atoms with van der Waals surface area (Å²) in [6, 6.07) is 6.60. The van der Waals surface area contributed by atoms with E-state index in [0.717, 1.165) is 30.6 Å². The van der Waals surface area contributed by atoms with Crippen LogP contribution in [0.1, 0.15) is 39.2 Å². The maximum atomic E-state index is 12.0. The zero-order valence-corrected chi connectivity index (χ0v) is 11.4. The molecule has 1 heterocycles. The topological polar surface area (TPSA) is 41.1 Å². The number of carbonyl (C=O) groups is 1. The highest BCUT2D eigenvalue weighted by Crippen LogP contribution is 2.32. The van der Waals surface area contributed by atoms with Crippen molar-refractivity contribution < 1.29 is 4.79 Å². The van der Waals surface area contributed by atoms with E-state index in [4.69, 9.17) is 0 Å². The second-order valence-electron chi connectivity index (χ2n) is 5.22. The summed E-state index contributed by atoms with van der Waals surface area (Å²) in [7, 11) is 0. The normalized spacial score (nSPS) is 19.6. The molecule has 0 fully saturated rings. The molecule has 1 aromatic rings. The lowest BCUT2D eigenvalue weighted by molar-refractivity contribution is -0.119. The van der Waals surface area contributed by atoms with E-state index in [9.17, 15) is 4.79 Å². The van der Waals surface area contributed by atoms with Crippen LogP contribution in [0.15, 0.2) is 18.2 Å². The molecule has 1 aliphatic heterocycles. The van der Waals surface area contributed by atoms with Crippen molar-refractivity contribution in [1.82, 2.24) is 0 Å². The number of aryl methyl sites for hydroxylation is 1. The van der Waals surface area contributed by atoms with Gasteiger partial charge < -0.3 is 10.6 Å². The highest BCUT2D eigenvalue weighted by atomic mass is 16.1. The van der Waals surface area contributed by atoms with Gasteiger partial charge >= 0.3 is 0 Å². The minimum absolute atomic E-state index is 0.0573. The van der Waals surface area contributed by atoms with Crippen LogP contribution < -0.4 is 10.6 Å². The Bertz CT molecular complexity index is 442. The highest BCUT2D eigenvalue weighted by molar-refractivity contribution is 5.96. The van der Waals surface area contributed by atoms with Gasteiger partial charge in [-0.2, -0.15) is 0 Å². The number of nitrogens with one attached hydrogen (secondary N) is 2. The Morgan fingerprint density at radius 1 is 1.56 bits per heavy atom. The standard InChI is InChI=1S/C15H22N2O/c1-4-10(2)15(18)17-13-7-5-6-12-9-8-11(3)16-14(12)13/h5-7,10-11,16H,4,8-9H2,1-3H3,(H,17,18). The monoisotopic (exact) mass is 246 g/mol. The van der Waals surface area contributed by atoms with Crippen LogP contribution in [0, 0.1) is 5.92 Å². The Balaban J connectivity index is 2.21. The van der Waals surface area contributed by atoms with Gasteiger partial charge in [0.25, 0.3) is 0 Å². The number of benzene rings is 1. The van der Waals surface area contributed by atoms with Gasteiger partial charge in [-0.3, -0.25) is 4.79 Å². The van der Waals surface area contributed by atoms with Gasteiger partial charge in [0.1, 0.15) is 0 Å². The molecule has 0 bridgehead atoms. The largest absolute Gasteiger partial charge is 0.381 e. The summed E-state index contributed by atoms with van der Waals surface area (Å²) in [5.41, 5.74) is 3.33. The smallest absolute Gasteiger partial charge is 0.227 e. The minimum atomic E-state index is 0.0573. The van der Waals surface area contributed by atoms with Gasteiger partial charge in [0.2, 0.25) is 5.91 Å². The van der Waals surface area contributed by atoms with E-state index < -0.39 is 0 Å². The lowest BCUT2D eigenvalue weighted by Crippen LogP contribution is -2.25. The summed E-state index contributed by atoms with van der Waals surface area (Å²) in [4.78, 5) is 12.0. The van der Waals surface area contributed by atoms with E-state index in [1.165, 1.54) is 5.56 Å². The fraction of sp³-hybridized carbons (Fsp3) is 0.533. The van der Waals surface area contributed by atoms with Crippen molar-refractivity contribution in [2.45, 2.75) is 46.1 Å². The third-order valence-electron chi connectivity index (χ3n) is 3.71. The van der Waals surface area contributed by atoms with Gasteiger partial charge in [-0.25, -0.2) is 0 Å². The van der Waals surface area contributed by atoms with E-state index >= 15 is 0 Å². The summed E-state index contributed by atoms with van der Waals surface area (Å²) < 4.78 is 0. The molecule has 0 aliphatic carbocycles. The third-order valence-corrected chi connectivity index (χ3v) is 3.71. The molecule has 3 heteroatoms. The lowest BCUT2D eigenvalue weighted by atomic mass is 9.97. The molecule has 1 aliphatic rings. The number of fused-ring (bicyclic) bond motifs is 1. The number of carbonyl (C=O) groups excluding carboxylic acids is 1. The molecule has 98 valence electrons. The summed E-state index contributed by atoms with van der Waals surface area (Å²) in [6.45, 7) is 6.17. The number of amides is 1. The van der Waals surface area contributed by atoms with E-state index in [0.29, 0.717) is 6.04 Å². The van der Waals surface area contributed by atoms with Gasteiger partial charge in [-0.15, -0.1) is 0 Å². The van der Waals surface area contributed by atoms with E-state index in [2.05, 4.69) is 23.6 Å². The molecule has 0 spiro atoms. The summed E-state index contributed by atoms with van der Waals surface area (Å²) in [5.74, 6) is 0.160. The van der Waals surface area contributed by atoms with Crippen molar-refractivity contribution in [3.8, 4) is 0 Å². The third kappa shape index (κ3) is 2.66. The molecular formula is C15H22N2O. The van der Waals surface area contributed by atoms with Gasteiger partial charge in [-0.1, -0.05) is 26.0 Å². The Hall–Kier alpha value is -1.51. The average molecular weight is 246 g/mol. The van der Waals surface area contributed by atoms with Crippen LogP contribution in [0.5, 0.6) is 0 Å². The summed E-state index contributed by atoms with van der Waals surface area (Å²) >= 11 is 0. The summed E-state index contributed by atoms with van der Waals surface area (Å²) in [6.07, 6.45) is 3.09. The van der Waals surface area contributed by atoms with Crippen molar-refractivity contribution in [1.29, 1.82) is 0 Å². The van der Waals surface area contributed by atoms with Gasteiger partial charge in [0, 0.05) is 12.0 Å². The Labute approximate surface area is 109 Å². The van der Waals surface area contributed by atoms with Gasteiger partial charge in [-0.05, 0) is 37.8 Å². The molecule has 1 aromatic carbocycles. The van der Waals surface area contributed by atoms with Crippen LogP contribution in [-0.4, -0.2) is 11.9 Å². The molecule has 2 atom stereocenters. The number of para-hydroxylation sites is 1. The SMILES string of the molecule is CCC(C)C(=O)Nc1cccc2c1NC(C)CC2. The molecule has 2 rings (SSSR count). The zero-order chi connectivity index (χ0) is 13.1. The molecule has 1 amide bonds. The molecular weight excluding hydrogens is 224 g/mol. The second-order valence-corrected chi connectivity index (χ2v) is 5.22. The number of anilines is 2. The second kappa shape index (κ2) is 5.42. The van der Waals surface area contributed by atoms with Gasteiger partial charge in [0.05, 0.1) is 11.4 Å². The molecule has 18 heavy (non-hydrogen) atoms. The molecule has 2 N–H and O–H groups in total. The fourth-order valence-electron chi connectivity index (χ4n) is 2.21. The molecule has 0 saturated carbocycles. The first-order valence-electron chi connectivity index (χ1n) is 6.81. The predicted molar refractivity (Wildman–Crippen MR) is 75.9 cm³/mol. The van der Waals surface area contributed by atoms with Crippen molar-refractivity contribution >= 4 is 17.3 Å². The van der Waals surface area contributed by atoms with Crippen LogP contribution >= 0.6 is 0 Å². The Morgan fingerprint density at radius 3 is 3.06 bits per heavy atom. The van der Waals surface area contributed by atoms with E-state index in [1.54, 1.807) is 0 Å². The van der Waals surface area contributed by atoms with E-state index in [-0.39, 0.29) is 11.8 Å². The first-order chi connectivity index (χ1) is 8.61. The fourth-order valence-corrected chi connectivity index (χ4v) is 2.21.